The second kappa shape index (κ2) is 5.53. The predicted octanol–water partition coefficient (Wildman–Crippen LogP) is 4.69. The van der Waals surface area contributed by atoms with Crippen molar-refractivity contribution in [3.8, 4) is 27.9 Å². The highest BCUT2D eigenvalue weighted by molar-refractivity contribution is 7.85. The standard InChI is InChI=1S/C21H14N2OS/c24-25-20-9-5-4-8-18(20)19-12-15(10-11-21(19)25)16-13-22-23(14-16)17-6-2-1-3-7-17/h1-14H. The molecule has 0 aliphatic carbocycles. The zero-order valence-electron chi connectivity index (χ0n) is 13.3. The molecule has 0 bridgehead atoms. The molecule has 0 N–H and O–H groups in total. The Morgan fingerprint density at radius 2 is 1.52 bits per heavy atom. The lowest BCUT2D eigenvalue weighted by atomic mass is 10.0. The summed E-state index contributed by atoms with van der Waals surface area (Å²) in [5, 5.41) is 4.47. The zero-order chi connectivity index (χ0) is 16.8. The fraction of sp³-hybridized carbons (Fsp3) is 0. The van der Waals surface area contributed by atoms with Gasteiger partial charge < -0.3 is 0 Å². The van der Waals surface area contributed by atoms with Crippen molar-refractivity contribution in [2.45, 2.75) is 9.79 Å². The van der Waals surface area contributed by atoms with Gasteiger partial charge in [-0.1, -0.05) is 42.5 Å². The largest absolute Gasteiger partial charge is 0.249 e. The second-order valence-corrected chi connectivity index (χ2v) is 7.40. The van der Waals surface area contributed by atoms with Crippen molar-refractivity contribution in [2.75, 3.05) is 0 Å². The maximum Gasteiger partial charge on any atom is 0.0862 e. The van der Waals surface area contributed by atoms with E-state index in [-0.39, 0.29) is 0 Å². The third-order valence-electron chi connectivity index (χ3n) is 4.49. The molecule has 120 valence electrons. The van der Waals surface area contributed by atoms with E-state index < -0.39 is 10.8 Å². The van der Waals surface area contributed by atoms with Crippen molar-refractivity contribution in [1.82, 2.24) is 9.78 Å². The molecule has 0 saturated carbocycles. The van der Waals surface area contributed by atoms with Crippen molar-refractivity contribution < 1.29 is 4.21 Å². The Morgan fingerprint density at radius 3 is 2.40 bits per heavy atom. The molecule has 0 spiro atoms. The van der Waals surface area contributed by atoms with Gasteiger partial charge in [-0.15, -0.1) is 0 Å². The van der Waals surface area contributed by atoms with Crippen molar-refractivity contribution in [2.24, 2.45) is 0 Å². The van der Waals surface area contributed by atoms with E-state index in [0.717, 1.165) is 37.7 Å². The van der Waals surface area contributed by atoms with Crippen molar-refractivity contribution in [1.29, 1.82) is 0 Å². The normalized spacial score (nSPS) is 15.0. The summed E-state index contributed by atoms with van der Waals surface area (Å²) in [4.78, 5) is 1.79. The van der Waals surface area contributed by atoms with E-state index >= 15 is 0 Å². The zero-order valence-corrected chi connectivity index (χ0v) is 14.1. The van der Waals surface area contributed by atoms with E-state index in [0.29, 0.717) is 0 Å². The topological polar surface area (TPSA) is 34.9 Å². The number of para-hydroxylation sites is 1. The third kappa shape index (κ3) is 2.26. The van der Waals surface area contributed by atoms with Gasteiger partial charge in [-0.3, -0.25) is 0 Å². The molecule has 0 fully saturated rings. The number of nitrogens with zero attached hydrogens (tertiary/aromatic N) is 2. The van der Waals surface area contributed by atoms with Gasteiger partial charge in [-0.05, 0) is 41.5 Å². The van der Waals surface area contributed by atoms with E-state index in [1.807, 2.05) is 83.8 Å². The van der Waals surface area contributed by atoms with Gasteiger partial charge in [-0.25, -0.2) is 8.89 Å². The monoisotopic (exact) mass is 342 g/mol. The number of fused-ring (bicyclic) bond motifs is 3. The number of benzene rings is 3. The summed E-state index contributed by atoms with van der Waals surface area (Å²) in [5.41, 5.74) is 5.27. The number of hydrogen-bond acceptors (Lipinski definition) is 2. The molecular formula is C21H14N2OS. The van der Waals surface area contributed by atoms with Gasteiger partial charge in [0.05, 0.1) is 32.5 Å². The van der Waals surface area contributed by atoms with Gasteiger partial charge in [0.2, 0.25) is 0 Å². The molecule has 5 rings (SSSR count). The average Bonchev–Trinajstić information content (AvgIpc) is 3.27. The lowest BCUT2D eigenvalue weighted by Crippen LogP contribution is -1.92. The van der Waals surface area contributed by atoms with Gasteiger partial charge in [0, 0.05) is 17.3 Å². The summed E-state index contributed by atoms with van der Waals surface area (Å²) in [6.45, 7) is 0. The number of aromatic nitrogens is 2. The quantitative estimate of drug-likeness (QED) is 0.467. The molecule has 0 radical (unpaired) electrons. The van der Waals surface area contributed by atoms with Crippen LogP contribution in [0.3, 0.4) is 0 Å². The van der Waals surface area contributed by atoms with Crippen LogP contribution in [0.1, 0.15) is 0 Å². The molecule has 25 heavy (non-hydrogen) atoms. The molecular weight excluding hydrogens is 328 g/mol. The summed E-state index contributed by atoms with van der Waals surface area (Å²) in [6, 6.07) is 24.1. The SMILES string of the molecule is O=S1c2ccccc2-c2cc(-c3cnn(-c4ccccc4)c3)ccc21. The molecule has 3 nitrogen and oxygen atoms in total. The van der Waals surface area contributed by atoms with Gasteiger partial charge >= 0.3 is 0 Å². The lowest BCUT2D eigenvalue weighted by Gasteiger charge is -2.03. The summed E-state index contributed by atoms with van der Waals surface area (Å²) >= 11 is 0. The Hall–Kier alpha value is -2.98. The summed E-state index contributed by atoms with van der Waals surface area (Å²) in [5.74, 6) is 0. The fourth-order valence-electron chi connectivity index (χ4n) is 3.24. The van der Waals surface area contributed by atoms with Crippen LogP contribution < -0.4 is 0 Å². The molecule has 1 atom stereocenters. The Kier molecular flexibility index (Phi) is 3.18. The van der Waals surface area contributed by atoms with Crippen LogP contribution in [0.2, 0.25) is 0 Å². The molecule has 1 aromatic heterocycles. The summed E-state index contributed by atoms with van der Waals surface area (Å²) < 4.78 is 14.5. The van der Waals surface area contributed by atoms with E-state index in [2.05, 4.69) is 11.2 Å². The highest BCUT2D eigenvalue weighted by Gasteiger charge is 2.25. The first-order chi connectivity index (χ1) is 12.3. The maximum absolute atomic E-state index is 12.6. The van der Waals surface area contributed by atoms with Gasteiger partial charge in [0.25, 0.3) is 0 Å². The van der Waals surface area contributed by atoms with E-state index in [9.17, 15) is 4.21 Å². The minimum Gasteiger partial charge on any atom is -0.249 e. The minimum absolute atomic E-state index is 0.889. The third-order valence-corrected chi connectivity index (χ3v) is 6.00. The van der Waals surface area contributed by atoms with Crippen LogP contribution in [-0.4, -0.2) is 14.0 Å². The highest BCUT2D eigenvalue weighted by Crippen LogP contribution is 2.42. The maximum atomic E-state index is 12.6. The molecule has 1 aliphatic rings. The Bertz CT molecular complexity index is 1120. The van der Waals surface area contributed by atoms with Crippen molar-refractivity contribution >= 4 is 10.8 Å². The number of rotatable bonds is 2. The molecule has 1 unspecified atom stereocenters. The highest BCUT2D eigenvalue weighted by atomic mass is 32.2. The van der Waals surface area contributed by atoms with Gasteiger partial charge in [-0.2, -0.15) is 5.10 Å². The van der Waals surface area contributed by atoms with Gasteiger partial charge in [0.1, 0.15) is 0 Å². The molecule has 1 aliphatic heterocycles. The molecule has 2 heterocycles. The van der Waals surface area contributed by atoms with E-state index in [4.69, 9.17) is 0 Å². The predicted molar refractivity (Wildman–Crippen MR) is 99.1 cm³/mol. The molecule has 3 aromatic carbocycles. The van der Waals surface area contributed by atoms with Crippen LogP contribution in [0, 0.1) is 0 Å². The minimum atomic E-state index is -1.08. The Labute approximate surface area is 148 Å². The van der Waals surface area contributed by atoms with Gasteiger partial charge in [0.15, 0.2) is 0 Å². The average molecular weight is 342 g/mol. The van der Waals surface area contributed by atoms with Crippen molar-refractivity contribution in [3.63, 3.8) is 0 Å². The van der Waals surface area contributed by atoms with Crippen LogP contribution in [0.25, 0.3) is 27.9 Å². The first kappa shape index (κ1) is 14.4. The molecule has 0 amide bonds. The summed E-state index contributed by atoms with van der Waals surface area (Å²) in [7, 11) is -1.08. The first-order valence-electron chi connectivity index (χ1n) is 8.07. The smallest absolute Gasteiger partial charge is 0.0862 e. The second-order valence-electron chi connectivity index (χ2n) is 5.98. The number of hydrogen-bond donors (Lipinski definition) is 0. The van der Waals surface area contributed by atoms with E-state index in [1.54, 1.807) is 0 Å². The molecule has 0 saturated heterocycles. The fourth-order valence-corrected chi connectivity index (χ4v) is 4.62. The Morgan fingerprint density at radius 1 is 0.760 bits per heavy atom. The van der Waals surface area contributed by atoms with Crippen LogP contribution in [0.5, 0.6) is 0 Å². The summed E-state index contributed by atoms with van der Waals surface area (Å²) in [6.07, 6.45) is 3.89. The van der Waals surface area contributed by atoms with E-state index in [1.165, 1.54) is 0 Å². The van der Waals surface area contributed by atoms with Crippen molar-refractivity contribution in [3.05, 3.63) is 85.2 Å². The van der Waals surface area contributed by atoms with Crippen LogP contribution in [0.15, 0.2) is 95.0 Å². The van der Waals surface area contributed by atoms with Crippen LogP contribution in [0.4, 0.5) is 0 Å². The lowest BCUT2D eigenvalue weighted by molar-refractivity contribution is 0.685. The Balaban J connectivity index is 1.60. The molecule has 4 heteroatoms. The van der Waals surface area contributed by atoms with Crippen LogP contribution in [-0.2, 0) is 10.8 Å². The first-order valence-corrected chi connectivity index (χ1v) is 9.22. The molecule has 4 aromatic rings. The van der Waals surface area contributed by atoms with Crippen LogP contribution >= 0.6 is 0 Å².